The highest BCUT2D eigenvalue weighted by Crippen LogP contribution is 2.42. The van der Waals surface area contributed by atoms with Gasteiger partial charge in [-0.2, -0.15) is 0 Å². The van der Waals surface area contributed by atoms with Crippen LogP contribution in [0.4, 0.5) is 0 Å². The second-order valence-electron chi connectivity index (χ2n) is 6.59. The number of likely N-dealkylation sites (N-methyl/N-ethyl adjacent to an activating group) is 1. The Hall–Kier alpha value is -0.120. The van der Waals surface area contributed by atoms with Crippen LogP contribution in [0.5, 0.6) is 0 Å². The maximum atomic E-state index is 6.24. The summed E-state index contributed by atoms with van der Waals surface area (Å²) in [5.74, 6) is 0.698. The summed E-state index contributed by atoms with van der Waals surface area (Å²) >= 11 is 0. The maximum Gasteiger partial charge on any atom is 0.0702 e. The van der Waals surface area contributed by atoms with Gasteiger partial charge in [0.2, 0.25) is 0 Å². The number of hydrogen-bond acceptors (Lipinski definition) is 3. The first-order valence-electron chi connectivity index (χ1n) is 8.69. The van der Waals surface area contributed by atoms with Gasteiger partial charge in [-0.05, 0) is 52.0 Å². The number of rotatable bonds is 6. The summed E-state index contributed by atoms with van der Waals surface area (Å²) in [6, 6.07) is 0.475. The first-order valence-corrected chi connectivity index (χ1v) is 8.69. The van der Waals surface area contributed by atoms with Crippen LogP contribution in [0.1, 0.15) is 65.7 Å². The SMILES string of the molecule is CCNC(C1CCOC2(CCCCC2)C1)C(C)OCC. The predicted molar refractivity (Wildman–Crippen MR) is 83.0 cm³/mol. The van der Waals surface area contributed by atoms with Crippen LogP contribution in [0.3, 0.4) is 0 Å². The molecular weight excluding hydrogens is 250 g/mol. The molecule has 1 heterocycles. The zero-order chi connectivity index (χ0) is 14.4. The Morgan fingerprint density at radius 1 is 1.25 bits per heavy atom. The molecule has 0 radical (unpaired) electrons. The fraction of sp³-hybridized carbons (Fsp3) is 1.00. The van der Waals surface area contributed by atoms with Gasteiger partial charge in [0.15, 0.2) is 0 Å². The van der Waals surface area contributed by atoms with Crippen LogP contribution in [0.15, 0.2) is 0 Å². The minimum Gasteiger partial charge on any atom is -0.377 e. The fourth-order valence-electron chi connectivity index (χ4n) is 4.23. The van der Waals surface area contributed by atoms with E-state index in [9.17, 15) is 0 Å². The molecule has 1 spiro atoms. The molecule has 0 aromatic carbocycles. The highest BCUT2D eigenvalue weighted by atomic mass is 16.5. The van der Waals surface area contributed by atoms with E-state index >= 15 is 0 Å². The smallest absolute Gasteiger partial charge is 0.0702 e. The summed E-state index contributed by atoms with van der Waals surface area (Å²) in [7, 11) is 0. The third-order valence-corrected chi connectivity index (χ3v) is 5.18. The molecule has 3 unspecified atom stereocenters. The van der Waals surface area contributed by atoms with E-state index in [0.29, 0.717) is 18.1 Å². The third kappa shape index (κ3) is 3.96. The summed E-state index contributed by atoms with van der Waals surface area (Å²) in [6.45, 7) is 9.27. The quantitative estimate of drug-likeness (QED) is 0.809. The van der Waals surface area contributed by atoms with Crippen LogP contribution in [0, 0.1) is 5.92 Å². The molecule has 1 saturated heterocycles. The monoisotopic (exact) mass is 283 g/mol. The summed E-state index contributed by atoms with van der Waals surface area (Å²) in [4.78, 5) is 0. The van der Waals surface area contributed by atoms with E-state index in [0.717, 1.165) is 19.8 Å². The Kier molecular flexibility index (Phi) is 6.31. The van der Waals surface area contributed by atoms with Crippen LogP contribution in [0.2, 0.25) is 0 Å². The lowest BCUT2D eigenvalue weighted by Crippen LogP contribution is -2.52. The lowest BCUT2D eigenvalue weighted by molar-refractivity contribution is -0.128. The van der Waals surface area contributed by atoms with Crippen molar-refractivity contribution < 1.29 is 9.47 Å². The van der Waals surface area contributed by atoms with Gasteiger partial charge < -0.3 is 14.8 Å². The van der Waals surface area contributed by atoms with Crippen molar-refractivity contribution in [1.82, 2.24) is 5.32 Å². The number of ether oxygens (including phenoxy) is 2. The van der Waals surface area contributed by atoms with Gasteiger partial charge in [-0.3, -0.25) is 0 Å². The van der Waals surface area contributed by atoms with Crippen LogP contribution in [0.25, 0.3) is 0 Å². The van der Waals surface area contributed by atoms with E-state index in [2.05, 4.69) is 26.1 Å². The molecule has 0 aromatic heterocycles. The molecule has 1 N–H and O–H groups in total. The standard InChI is InChI=1S/C17H33NO2/c1-4-18-16(14(3)19-5-2)15-9-12-20-17(13-15)10-7-6-8-11-17/h14-16,18H,4-13H2,1-3H3. The minimum absolute atomic E-state index is 0.195. The third-order valence-electron chi connectivity index (χ3n) is 5.18. The van der Waals surface area contributed by atoms with Crippen LogP contribution >= 0.6 is 0 Å². The van der Waals surface area contributed by atoms with Gasteiger partial charge in [-0.1, -0.05) is 26.2 Å². The van der Waals surface area contributed by atoms with E-state index < -0.39 is 0 Å². The largest absolute Gasteiger partial charge is 0.377 e. The van der Waals surface area contributed by atoms with Crippen molar-refractivity contribution in [2.45, 2.75) is 83.5 Å². The predicted octanol–water partition coefficient (Wildman–Crippen LogP) is 3.52. The summed E-state index contributed by atoms with van der Waals surface area (Å²) < 4.78 is 12.1. The van der Waals surface area contributed by atoms with Gasteiger partial charge in [0.05, 0.1) is 11.7 Å². The van der Waals surface area contributed by atoms with Crippen molar-refractivity contribution in [3.05, 3.63) is 0 Å². The molecule has 3 atom stereocenters. The molecule has 2 fully saturated rings. The molecule has 118 valence electrons. The lowest BCUT2D eigenvalue weighted by Gasteiger charge is -2.46. The molecular formula is C17H33NO2. The zero-order valence-electron chi connectivity index (χ0n) is 13.6. The van der Waals surface area contributed by atoms with Crippen LogP contribution in [-0.4, -0.2) is 37.5 Å². The molecule has 1 aliphatic heterocycles. The fourth-order valence-corrected chi connectivity index (χ4v) is 4.23. The highest BCUT2D eigenvalue weighted by Gasteiger charge is 2.41. The van der Waals surface area contributed by atoms with Crippen molar-refractivity contribution in [3.8, 4) is 0 Å². The molecule has 0 bridgehead atoms. The molecule has 1 saturated carbocycles. The van der Waals surface area contributed by atoms with Gasteiger partial charge in [0.1, 0.15) is 0 Å². The normalized spacial score (nSPS) is 29.2. The van der Waals surface area contributed by atoms with E-state index in [1.54, 1.807) is 0 Å². The average molecular weight is 283 g/mol. The Morgan fingerprint density at radius 3 is 2.65 bits per heavy atom. The van der Waals surface area contributed by atoms with E-state index in [4.69, 9.17) is 9.47 Å². The maximum absolute atomic E-state index is 6.24. The highest BCUT2D eigenvalue weighted by molar-refractivity contribution is 4.94. The van der Waals surface area contributed by atoms with Gasteiger partial charge in [-0.15, -0.1) is 0 Å². The van der Waals surface area contributed by atoms with Gasteiger partial charge in [0, 0.05) is 19.3 Å². The Labute approximate surface area is 124 Å². The Bertz CT molecular complexity index is 271. The van der Waals surface area contributed by atoms with Crippen molar-refractivity contribution in [2.75, 3.05) is 19.8 Å². The van der Waals surface area contributed by atoms with Gasteiger partial charge in [0.25, 0.3) is 0 Å². The molecule has 2 aliphatic rings. The van der Waals surface area contributed by atoms with E-state index in [-0.39, 0.29) is 5.60 Å². The summed E-state index contributed by atoms with van der Waals surface area (Å²) in [5, 5.41) is 3.68. The van der Waals surface area contributed by atoms with Crippen molar-refractivity contribution in [3.63, 3.8) is 0 Å². The Balaban J connectivity index is 2.00. The topological polar surface area (TPSA) is 30.5 Å². The molecule has 1 aliphatic carbocycles. The van der Waals surface area contributed by atoms with Crippen molar-refractivity contribution in [2.24, 2.45) is 5.92 Å². The lowest BCUT2D eigenvalue weighted by atomic mass is 9.73. The molecule has 20 heavy (non-hydrogen) atoms. The molecule has 3 heteroatoms. The second kappa shape index (κ2) is 7.77. The zero-order valence-corrected chi connectivity index (χ0v) is 13.6. The average Bonchev–Trinajstić information content (AvgIpc) is 2.46. The van der Waals surface area contributed by atoms with Gasteiger partial charge in [-0.25, -0.2) is 0 Å². The molecule has 3 nitrogen and oxygen atoms in total. The van der Waals surface area contributed by atoms with Crippen molar-refractivity contribution in [1.29, 1.82) is 0 Å². The Morgan fingerprint density at radius 2 is 2.00 bits per heavy atom. The van der Waals surface area contributed by atoms with Crippen LogP contribution < -0.4 is 5.32 Å². The summed E-state index contributed by atoms with van der Waals surface area (Å²) in [6.07, 6.45) is 9.32. The second-order valence-corrected chi connectivity index (χ2v) is 6.59. The molecule has 0 aromatic rings. The number of nitrogens with one attached hydrogen (secondary N) is 1. The molecule has 0 amide bonds. The number of hydrogen-bond donors (Lipinski definition) is 1. The minimum atomic E-state index is 0.195. The van der Waals surface area contributed by atoms with Gasteiger partial charge >= 0.3 is 0 Å². The van der Waals surface area contributed by atoms with E-state index in [1.165, 1.54) is 44.9 Å². The first-order chi connectivity index (χ1) is 9.71. The first kappa shape index (κ1) is 16.3. The summed E-state index contributed by atoms with van der Waals surface area (Å²) in [5.41, 5.74) is 0.195. The molecule has 2 rings (SSSR count). The van der Waals surface area contributed by atoms with Crippen molar-refractivity contribution >= 4 is 0 Å². The van der Waals surface area contributed by atoms with Crippen LogP contribution in [-0.2, 0) is 9.47 Å². The van der Waals surface area contributed by atoms with E-state index in [1.807, 2.05) is 0 Å².